The highest BCUT2D eigenvalue weighted by Gasteiger charge is 2.81. The second-order valence-electron chi connectivity index (χ2n) is 9.85. The smallest absolute Gasteiger partial charge is 0.337 e. The van der Waals surface area contributed by atoms with Crippen LogP contribution in [-0.4, -0.2) is 46.0 Å². The Morgan fingerprint density at radius 2 is 1.95 bits per heavy atom. The van der Waals surface area contributed by atoms with Crippen molar-refractivity contribution in [3.63, 3.8) is 0 Å². The number of nitriles is 1. The monoisotopic (exact) mass is 513 g/mol. The van der Waals surface area contributed by atoms with Crippen LogP contribution >= 0.6 is 0 Å². The van der Waals surface area contributed by atoms with Crippen LogP contribution in [0.5, 0.6) is 0 Å². The van der Waals surface area contributed by atoms with E-state index in [1.165, 1.54) is 11.0 Å². The number of halogens is 4. The second-order valence-corrected chi connectivity index (χ2v) is 9.85. The molecule has 5 rings (SSSR count). The number of hydrogen-bond donors (Lipinski definition) is 2. The van der Waals surface area contributed by atoms with E-state index in [2.05, 4.69) is 15.3 Å². The quantitative estimate of drug-likeness (QED) is 0.431. The van der Waals surface area contributed by atoms with Gasteiger partial charge in [0, 0.05) is 30.8 Å². The molecule has 11 heteroatoms. The number of rotatable bonds is 5. The molecule has 1 aliphatic heterocycles. The summed E-state index contributed by atoms with van der Waals surface area (Å²) in [4.78, 5) is 22.2. The maximum Gasteiger partial charge on any atom is 0.337 e. The van der Waals surface area contributed by atoms with Gasteiger partial charge in [0.15, 0.2) is 11.5 Å². The van der Waals surface area contributed by atoms with E-state index >= 15 is 0 Å². The molecule has 0 radical (unpaired) electrons. The lowest BCUT2D eigenvalue weighted by Gasteiger charge is -2.51. The number of nitrogens with one attached hydrogen (secondary N) is 1. The van der Waals surface area contributed by atoms with Crippen molar-refractivity contribution in [3.8, 4) is 6.07 Å². The molecule has 3 aromatic rings. The van der Waals surface area contributed by atoms with Gasteiger partial charge in [0.1, 0.15) is 6.07 Å². The first kappa shape index (κ1) is 24.7. The molecule has 7 nitrogen and oxygen atoms in total. The van der Waals surface area contributed by atoms with Crippen LogP contribution in [0.25, 0.3) is 11.0 Å². The van der Waals surface area contributed by atoms with E-state index in [1.807, 2.05) is 26.0 Å². The normalized spacial score (nSPS) is 22.5. The van der Waals surface area contributed by atoms with Crippen molar-refractivity contribution in [3.05, 3.63) is 58.8 Å². The van der Waals surface area contributed by atoms with Crippen LogP contribution in [0, 0.1) is 23.7 Å². The lowest BCUT2D eigenvalue weighted by molar-refractivity contribution is -0.351. The summed E-state index contributed by atoms with van der Waals surface area (Å²) in [6.07, 6.45) is -1.06. The third-order valence-corrected chi connectivity index (χ3v) is 7.37. The van der Waals surface area contributed by atoms with Gasteiger partial charge in [-0.2, -0.15) is 22.8 Å². The van der Waals surface area contributed by atoms with Gasteiger partial charge in [-0.05, 0) is 44.0 Å². The molecule has 1 aromatic heterocycles. The number of carboxylic acids is 1. The molecular weight excluding hydrogens is 490 g/mol. The average molecular weight is 513 g/mol. The molecule has 2 heterocycles. The van der Waals surface area contributed by atoms with Crippen LogP contribution in [-0.2, 0) is 0 Å². The number of alkyl halides is 4. The number of aromatic nitrogens is 2. The summed E-state index contributed by atoms with van der Waals surface area (Å²) in [5.41, 5.74) is 0.828. The number of para-hydroxylation sites is 1. The van der Waals surface area contributed by atoms with Gasteiger partial charge in [-0.1, -0.05) is 18.2 Å². The Morgan fingerprint density at radius 1 is 1.22 bits per heavy atom. The Bertz CT molecular complexity index is 1470. The molecule has 2 fully saturated rings. The van der Waals surface area contributed by atoms with E-state index in [1.54, 1.807) is 24.3 Å². The van der Waals surface area contributed by atoms with Crippen LogP contribution in [0.3, 0.4) is 0 Å². The summed E-state index contributed by atoms with van der Waals surface area (Å²) in [5.74, 6) is -9.20. The van der Waals surface area contributed by atoms with Gasteiger partial charge in [0.05, 0.1) is 28.1 Å². The van der Waals surface area contributed by atoms with Gasteiger partial charge in [0.2, 0.25) is 0 Å². The number of anilines is 2. The first-order chi connectivity index (χ1) is 17.4. The predicted octanol–water partition coefficient (Wildman–Crippen LogP) is 5.55. The highest BCUT2D eigenvalue weighted by Crippen LogP contribution is 2.66. The molecule has 0 bridgehead atoms. The first-order valence-corrected chi connectivity index (χ1v) is 11.7. The summed E-state index contributed by atoms with van der Waals surface area (Å²) in [5, 5.41) is 22.4. The van der Waals surface area contributed by atoms with Gasteiger partial charge in [-0.25, -0.2) is 14.8 Å². The van der Waals surface area contributed by atoms with Crippen molar-refractivity contribution in [2.24, 2.45) is 5.41 Å². The maximum atomic E-state index is 14.4. The number of hydrogen-bond acceptors (Lipinski definition) is 6. The van der Waals surface area contributed by atoms with Gasteiger partial charge in [-0.15, -0.1) is 0 Å². The van der Waals surface area contributed by atoms with Crippen molar-refractivity contribution < 1.29 is 27.5 Å². The molecule has 1 saturated carbocycles. The largest absolute Gasteiger partial charge is 0.478 e. The van der Waals surface area contributed by atoms with E-state index in [0.29, 0.717) is 22.3 Å². The van der Waals surface area contributed by atoms with E-state index in [-0.39, 0.29) is 36.6 Å². The number of fused-ring (bicyclic) bond motifs is 1. The topological polar surface area (TPSA) is 102 Å². The Balaban J connectivity index is 1.55. The molecule has 1 saturated heterocycles. The Hall–Kier alpha value is -3.94. The van der Waals surface area contributed by atoms with E-state index in [0.717, 1.165) is 5.56 Å². The van der Waals surface area contributed by atoms with Crippen LogP contribution in [0.2, 0.25) is 0 Å². The fraction of sp³-hybridized carbons (Fsp3) is 0.385. The van der Waals surface area contributed by atoms with Crippen molar-refractivity contribution in [1.82, 2.24) is 9.97 Å². The Labute approximate surface area is 209 Å². The standard InChI is InChI=1S/C26H23F4N5O2/c1-14-9-17(15(2)32-18-6-4-3-5-16(18)23(36)37)21-19(10-14)33-20(11-31)22(34-21)35-8-7-24(13-35)12-25(27,28)26(24,29)30/h3-6,9-10,15,32H,7-8,12-13H2,1-2H3,(H,36,37)/t15-,24?/m1/s1. The second kappa shape index (κ2) is 8.30. The molecule has 1 aliphatic carbocycles. The third-order valence-electron chi connectivity index (χ3n) is 7.37. The third kappa shape index (κ3) is 3.74. The molecule has 2 atom stereocenters. The molecular formula is C26H23F4N5O2. The lowest BCUT2D eigenvalue weighted by Crippen LogP contribution is -2.67. The number of carboxylic acid groups (broad SMARTS) is 1. The van der Waals surface area contributed by atoms with Crippen LogP contribution < -0.4 is 10.2 Å². The summed E-state index contributed by atoms with van der Waals surface area (Å²) >= 11 is 0. The molecule has 2 aliphatic rings. The fourth-order valence-electron chi connectivity index (χ4n) is 5.44. The van der Waals surface area contributed by atoms with Crippen molar-refractivity contribution >= 4 is 28.5 Å². The molecule has 37 heavy (non-hydrogen) atoms. The zero-order valence-corrected chi connectivity index (χ0v) is 20.0. The van der Waals surface area contributed by atoms with Crippen molar-refractivity contribution in [1.29, 1.82) is 5.26 Å². The SMILES string of the molecule is Cc1cc([C@@H](C)Nc2ccccc2C(=O)O)c2nc(N3CCC4(C3)CC(F)(F)C4(F)F)c(C#N)nc2c1. The zero-order valence-electron chi connectivity index (χ0n) is 20.0. The molecule has 1 unspecified atom stereocenters. The molecule has 2 aromatic carbocycles. The highest BCUT2D eigenvalue weighted by molar-refractivity contribution is 5.94. The Morgan fingerprint density at radius 3 is 2.59 bits per heavy atom. The molecule has 2 N–H and O–H groups in total. The summed E-state index contributed by atoms with van der Waals surface area (Å²) in [7, 11) is 0. The number of aryl methyl sites for hydroxylation is 1. The summed E-state index contributed by atoms with van der Waals surface area (Å²) in [6, 6.07) is 11.5. The minimum absolute atomic E-state index is 0.0432. The van der Waals surface area contributed by atoms with Gasteiger partial charge in [-0.3, -0.25) is 0 Å². The number of benzene rings is 2. The number of carbonyl (C=O) groups is 1. The minimum atomic E-state index is -4.13. The first-order valence-electron chi connectivity index (χ1n) is 11.7. The van der Waals surface area contributed by atoms with Gasteiger partial charge >= 0.3 is 17.8 Å². The van der Waals surface area contributed by atoms with E-state index < -0.39 is 35.7 Å². The minimum Gasteiger partial charge on any atom is -0.478 e. The summed E-state index contributed by atoms with van der Waals surface area (Å²) in [6.45, 7) is 3.34. The fourth-order valence-corrected chi connectivity index (χ4v) is 5.44. The van der Waals surface area contributed by atoms with E-state index in [9.17, 15) is 32.7 Å². The molecule has 1 spiro atoms. The molecule has 192 valence electrons. The van der Waals surface area contributed by atoms with Gasteiger partial charge in [0.25, 0.3) is 0 Å². The lowest BCUT2D eigenvalue weighted by atomic mass is 9.62. The zero-order chi connectivity index (χ0) is 26.8. The number of aromatic carboxylic acids is 1. The average Bonchev–Trinajstić information content (AvgIpc) is 3.28. The van der Waals surface area contributed by atoms with Crippen molar-refractivity contribution in [2.45, 2.75) is 44.6 Å². The van der Waals surface area contributed by atoms with Crippen LogP contribution in [0.4, 0.5) is 29.1 Å². The Kier molecular flexibility index (Phi) is 5.55. The predicted molar refractivity (Wildman–Crippen MR) is 128 cm³/mol. The van der Waals surface area contributed by atoms with Crippen LogP contribution in [0.15, 0.2) is 36.4 Å². The molecule has 0 amide bonds. The highest BCUT2D eigenvalue weighted by atomic mass is 19.3. The van der Waals surface area contributed by atoms with Gasteiger partial charge < -0.3 is 15.3 Å². The van der Waals surface area contributed by atoms with E-state index in [4.69, 9.17) is 0 Å². The summed E-state index contributed by atoms with van der Waals surface area (Å²) < 4.78 is 56.0. The maximum absolute atomic E-state index is 14.4. The number of nitrogens with zero attached hydrogens (tertiary/aromatic N) is 4. The van der Waals surface area contributed by atoms with Crippen molar-refractivity contribution in [2.75, 3.05) is 23.3 Å². The van der Waals surface area contributed by atoms with Crippen LogP contribution in [0.1, 0.15) is 53.0 Å².